The fraction of sp³-hybridized carbons (Fsp3) is 0.533. The van der Waals surface area contributed by atoms with E-state index in [-0.39, 0.29) is 11.3 Å². The lowest BCUT2D eigenvalue weighted by molar-refractivity contribution is 0.0522. The van der Waals surface area contributed by atoms with Gasteiger partial charge >= 0.3 is 0 Å². The van der Waals surface area contributed by atoms with E-state index in [1.807, 2.05) is 0 Å². The van der Waals surface area contributed by atoms with Crippen molar-refractivity contribution in [2.75, 3.05) is 13.1 Å². The number of alkyl halides is 1. The number of phenolic OH excluding ortho intramolecular Hbond substituents is 1. The largest absolute Gasteiger partial charge is 0.507 e. The maximum Gasteiger partial charge on any atom is 0.153 e. The highest BCUT2D eigenvalue weighted by molar-refractivity contribution is 5.79. The number of carbonyl (C=O) groups is 1. The molecule has 0 atom stereocenters. The van der Waals surface area contributed by atoms with Gasteiger partial charge < -0.3 is 10.0 Å². The molecule has 1 aliphatic carbocycles. The molecule has 0 unspecified atom stereocenters. The minimum atomic E-state index is -1.37. The summed E-state index contributed by atoms with van der Waals surface area (Å²) in [5.74, 6) is -0.130. The second kappa shape index (κ2) is 4.60. The number of aromatic hydroxyl groups is 1. The van der Waals surface area contributed by atoms with Gasteiger partial charge in [0.1, 0.15) is 11.4 Å². The van der Waals surface area contributed by atoms with E-state index in [1.54, 1.807) is 6.07 Å². The van der Waals surface area contributed by atoms with Crippen LogP contribution >= 0.6 is 0 Å². The monoisotopic (exact) mass is 263 g/mol. The third kappa shape index (κ3) is 2.37. The van der Waals surface area contributed by atoms with Gasteiger partial charge in [0, 0.05) is 19.1 Å². The van der Waals surface area contributed by atoms with Crippen molar-refractivity contribution in [3.63, 3.8) is 0 Å². The molecule has 19 heavy (non-hydrogen) atoms. The summed E-state index contributed by atoms with van der Waals surface area (Å²) in [4.78, 5) is 13.0. The van der Waals surface area contributed by atoms with E-state index < -0.39 is 5.67 Å². The molecule has 4 heteroatoms. The smallest absolute Gasteiger partial charge is 0.153 e. The van der Waals surface area contributed by atoms with Crippen LogP contribution in [-0.2, 0) is 5.67 Å². The van der Waals surface area contributed by atoms with Crippen LogP contribution in [0.2, 0.25) is 0 Å². The average Bonchev–Trinajstić information content (AvgIpc) is 3.24. The van der Waals surface area contributed by atoms with Crippen molar-refractivity contribution in [1.29, 1.82) is 0 Å². The maximum absolute atomic E-state index is 15.0. The van der Waals surface area contributed by atoms with E-state index in [4.69, 9.17) is 0 Å². The predicted octanol–water partition coefficient (Wildman–Crippen LogP) is 2.63. The third-order valence-electron chi connectivity index (χ3n) is 4.33. The van der Waals surface area contributed by atoms with Gasteiger partial charge in [-0.15, -0.1) is 0 Å². The summed E-state index contributed by atoms with van der Waals surface area (Å²) in [6.07, 6.45) is 3.99. The number of benzene rings is 1. The van der Waals surface area contributed by atoms with Gasteiger partial charge in [0.2, 0.25) is 0 Å². The first kappa shape index (κ1) is 12.6. The summed E-state index contributed by atoms with van der Waals surface area (Å²) in [7, 11) is 0. The summed E-state index contributed by atoms with van der Waals surface area (Å²) in [6.45, 7) is 1.55. The Morgan fingerprint density at radius 3 is 2.53 bits per heavy atom. The molecule has 1 heterocycles. The Balaban J connectivity index is 1.77. The number of phenols is 1. The van der Waals surface area contributed by atoms with Crippen LogP contribution in [0.5, 0.6) is 5.75 Å². The van der Waals surface area contributed by atoms with Crippen LogP contribution in [0.15, 0.2) is 18.2 Å². The fourth-order valence-corrected chi connectivity index (χ4v) is 2.89. The lowest BCUT2D eigenvalue weighted by Crippen LogP contribution is -2.41. The van der Waals surface area contributed by atoms with E-state index in [2.05, 4.69) is 4.90 Å². The number of carbonyl (C=O) groups excluding carboxylic acids is 1. The first-order valence-electron chi connectivity index (χ1n) is 6.84. The van der Waals surface area contributed by atoms with E-state index in [0.29, 0.717) is 30.7 Å². The Labute approximate surface area is 112 Å². The van der Waals surface area contributed by atoms with Crippen molar-refractivity contribution in [3.8, 4) is 5.75 Å². The second-order valence-electron chi connectivity index (χ2n) is 5.62. The van der Waals surface area contributed by atoms with E-state index >= 15 is 0 Å². The van der Waals surface area contributed by atoms with Gasteiger partial charge in [0.05, 0.1) is 5.56 Å². The summed E-state index contributed by atoms with van der Waals surface area (Å²) >= 11 is 0. The molecule has 0 spiro atoms. The predicted molar refractivity (Wildman–Crippen MR) is 70.1 cm³/mol. The summed E-state index contributed by atoms with van der Waals surface area (Å²) < 4.78 is 15.0. The number of rotatable bonds is 3. The number of aldehydes is 1. The fourth-order valence-electron chi connectivity index (χ4n) is 2.89. The molecular weight excluding hydrogens is 245 g/mol. The molecule has 102 valence electrons. The van der Waals surface area contributed by atoms with Crippen LogP contribution in [0, 0.1) is 0 Å². The quantitative estimate of drug-likeness (QED) is 0.852. The Morgan fingerprint density at radius 1 is 1.32 bits per heavy atom. The van der Waals surface area contributed by atoms with Gasteiger partial charge in [-0.25, -0.2) is 4.39 Å². The van der Waals surface area contributed by atoms with Crippen LogP contribution in [0.4, 0.5) is 4.39 Å². The Morgan fingerprint density at radius 2 is 2.00 bits per heavy atom. The summed E-state index contributed by atoms with van der Waals surface area (Å²) in [6, 6.07) is 5.19. The lowest BCUT2D eigenvalue weighted by Gasteiger charge is -2.37. The molecule has 2 aliphatic rings. The van der Waals surface area contributed by atoms with Crippen molar-refractivity contribution in [3.05, 3.63) is 29.3 Å². The average molecular weight is 263 g/mol. The van der Waals surface area contributed by atoms with Gasteiger partial charge in [0.25, 0.3) is 0 Å². The van der Waals surface area contributed by atoms with E-state index in [9.17, 15) is 14.3 Å². The molecular formula is C15H18FNO2. The van der Waals surface area contributed by atoms with Gasteiger partial charge in [-0.05, 0) is 43.4 Å². The first-order valence-corrected chi connectivity index (χ1v) is 6.84. The second-order valence-corrected chi connectivity index (χ2v) is 5.62. The molecule has 0 bridgehead atoms. The highest BCUT2D eigenvalue weighted by Gasteiger charge is 2.40. The number of hydrogen-bond donors (Lipinski definition) is 1. The molecule has 3 rings (SSSR count). The van der Waals surface area contributed by atoms with E-state index in [0.717, 1.165) is 13.1 Å². The van der Waals surface area contributed by atoms with Gasteiger partial charge in [-0.1, -0.05) is 6.07 Å². The zero-order valence-electron chi connectivity index (χ0n) is 10.8. The van der Waals surface area contributed by atoms with Crippen LogP contribution in [0.25, 0.3) is 0 Å². The number of piperidine rings is 1. The molecule has 1 saturated heterocycles. The number of halogens is 1. The zero-order valence-corrected chi connectivity index (χ0v) is 10.8. The lowest BCUT2D eigenvalue weighted by atomic mass is 9.85. The molecule has 1 saturated carbocycles. The summed E-state index contributed by atoms with van der Waals surface area (Å²) in [5, 5.41) is 9.68. The maximum atomic E-state index is 15.0. The van der Waals surface area contributed by atoms with Gasteiger partial charge in [0.15, 0.2) is 6.29 Å². The molecule has 0 aromatic heterocycles. The number of nitrogens with zero attached hydrogens (tertiary/aromatic N) is 1. The first-order chi connectivity index (χ1) is 9.12. The normalized spacial score (nSPS) is 23.2. The van der Waals surface area contributed by atoms with Crippen molar-refractivity contribution in [1.82, 2.24) is 4.90 Å². The highest BCUT2D eigenvalue weighted by atomic mass is 19.1. The van der Waals surface area contributed by atoms with Crippen molar-refractivity contribution in [2.24, 2.45) is 0 Å². The minimum absolute atomic E-state index is 0.130. The molecule has 1 N–H and O–H groups in total. The van der Waals surface area contributed by atoms with Crippen LogP contribution in [-0.4, -0.2) is 35.4 Å². The zero-order chi connectivity index (χ0) is 13.5. The number of likely N-dealkylation sites (tertiary alicyclic amines) is 1. The molecule has 1 aromatic rings. The topological polar surface area (TPSA) is 40.5 Å². The van der Waals surface area contributed by atoms with E-state index in [1.165, 1.54) is 25.0 Å². The van der Waals surface area contributed by atoms with Crippen molar-refractivity contribution < 1.29 is 14.3 Å². The molecule has 1 aliphatic heterocycles. The minimum Gasteiger partial charge on any atom is -0.507 e. The SMILES string of the molecule is O=Cc1ccc(C2(F)CCN(C3CC3)CC2)cc1O. The van der Waals surface area contributed by atoms with Gasteiger partial charge in [-0.2, -0.15) is 0 Å². The Bertz CT molecular complexity index is 491. The van der Waals surface area contributed by atoms with Crippen LogP contribution in [0.3, 0.4) is 0 Å². The van der Waals surface area contributed by atoms with Crippen molar-refractivity contribution in [2.45, 2.75) is 37.4 Å². The Hall–Kier alpha value is -1.42. The van der Waals surface area contributed by atoms with Crippen LogP contribution < -0.4 is 0 Å². The number of hydrogen-bond acceptors (Lipinski definition) is 3. The molecule has 0 amide bonds. The molecule has 2 fully saturated rings. The van der Waals surface area contributed by atoms with Gasteiger partial charge in [-0.3, -0.25) is 4.79 Å². The third-order valence-corrected chi connectivity index (χ3v) is 4.33. The van der Waals surface area contributed by atoms with Crippen LogP contribution in [0.1, 0.15) is 41.6 Å². The summed E-state index contributed by atoms with van der Waals surface area (Å²) in [5.41, 5.74) is -0.668. The molecule has 0 radical (unpaired) electrons. The molecule has 3 nitrogen and oxygen atoms in total. The van der Waals surface area contributed by atoms with Crippen molar-refractivity contribution >= 4 is 6.29 Å². The highest BCUT2D eigenvalue weighted by Crippen LogP contribution is 2.41. The standard InChI is InChI=1S/C15H18FNO2/c16-15(5-7-17(8-6-15)13-3-4-13)12-2-1-11(10-18)14(19)9-12/h1-2,9-10,13,19H,3-8H2. The molecule has 1 aromatic carbocycles. The Kier molecular flexibility index (Phi) is 3.05.